The van der Waals surface area contributed by atoms with Crippen LogP contribution in [0.1, 0.15) is 30.9 Å². The first-order chi connectivity index (χ1) is 16.1. The van der Waals surface area contributed by atoms with Crippen LogP contribution in [0.2, 0.25) is 0 Å². The fraction of sp³-hybridized carbons (Fsp3) is 0.333. The number of likely N-dealkylation sites (tertiary alicyclic amines) is 1. The minimum atomic E-state index is 0.509. The van der Waals surface area contributed by atoms with Crippen molar-refractivity contribution >= 4 is 22.7 Å². The maximum atomic E-state index is 5.64. The molecule has 33 heavy (non-hydrogen) atoms. The second-order valence-corrected chi connectivity index (χ2v) is 9.13. The average Bonchev–Trinajstić information content (AvgIpc) is 3.26. The van der Waals surface area contributed by atoms with Crippen molar-refractivity contribution in [2.24, 2.45) is 5.92 Å². The van der Waals surface area contributed by atoms with Crippen molar-refractivity contribution in [3.63, 3.8) is 0 Å². The van der Waals surface area contributed by atoms with E-state index < -0.39 is 0 Å². The van der Waals surface area contributed by atoms with Gasteiger partial charge < -0.3 is 15.0 Å². The van der Waals surface area contributed by atoms with Crippen LogP contribution in [0.25, 0.3) is 22.2 Å². The van der Waals surface area contributed by atoms with Gasteiger partial charge in [-0.1, -0.05) is 48.9 Å². The molecule has 0 aliphatic carbocycles. The Bertz CT molecular complexity index is 1220. The summed E-state index contributed by atoms with van der Waals surface area (Å²) in [6.07, 6.45) is 4.56. The summed E-state index contributed by atoms with van der Waals surface area (Å²) in [6, 6.07) is 17.0. The van der Waals surface area contributed by atoms with Crippen LogP contribution < -0.4 is 10.1 Å². The number of nitrogens with zero attached hydrogens (tertiary/aromatic N) is 3. The molecule has 0 amide bonds. The summed E-state index contributed by atoms with van der Waals surface area (Å²) in [5.41, 5.74) is 6.40. The number of aromatic amines is 1. The Labute approximate surface area is 195 Å². The van der Waals surface area contributed by atoms with Crippen LogP contribution in [0.5, 0.6) is 5.88 Å². The van der Waals surface area contributed by atoms with E-state index in [1.165, 1.54) is 37.1 Å². The third-order valence-electron chi connectivity index (χ3n) is 6.55. The number of piperidine rings is 1. The normalized spacial score (nSPS) is 15.1. The smallest absolute Gasteiger partial charge is 0.232 e. The van der Waals surface area contributed by atoms with Crippen LogP contribution in [0.4, 0.5) is 11.6 Å². The molecule has 5 rings (SSSR count). The van der Waals surface area contributed by atoms with E-state index in [0.717, 1.165) is 40.3 Å². The lowest BCUT2D eigenvalue weighted by molar-refractivity contribution is 0.185. The van der Waals surface area contributed by atoms with Gasteiger partial charge in [0.2, 0.25) is 11.8 Å². The van der Waals surface area contributed by atoms with Gasteiger partial charge in [-0.2, -0.15) is 9.97 Å². The molecule has 2 aromatic heterocycles. The largest absolute Gasteiger partial charge is 0.480 e. The Morgan fingerprint density at radius 1 is 1.03 bits per heavy atom. The van der Waals surface area contributed by atoms with E-state index in [2.05, 4.69) is 82.6 Å². The molecule has 3 heterocycles. The Balaban J connectivity index is 1.34. The van der Waals surface area contributed by atoms with Gasteiger partial charge in [0.05, 0.1) is 12.5 Å². The molecule has 1 fully saturated rings. The van der Waals surface area contributed by atoms with Crippen molar-refractivity contribution in [2.75, 3.05) is 25.5 Å². The van der Waals surface area contributed by atoms with Crippen molar-refractivity contribution in [1.29, 1.82) is 0 Å². The van der Waals surface area contributed by atoms with Crippen LogP contribution in [-0.2, 0) is 6.54 Å². The molecule has 0 radical (unpaired) electrons. The SMILES string of the molecule is COc1nc(Nc2ccc(CN3CCC(C)CC3)cc2)nc2[nH]cc(-c3ccc(C)cc3)c12. The maximum absolute atomic E-state index is 5.64. The number of benzene rings is 2. The van der Waals surface area contributed by atoms with Crippen LogP contribution >= 0.6 is 0 Å². The van der Waals surface area contributed by atoms with Crippen molar-refractivity contribution in [1.82, 2.24) is 19.9 Å². The number of rotatable bonds is 6. The highest BCUT2D eigenvalue weighted by molar-refractivity contribution is 5.97. The third kappa shape index (κ3) is 4.71. The summed E-state index contributed by atoms with van der Waals surface area (Å²) in [7, 11) is 1.65. The number of H-pyrrole nitrogens is 1. The van der Waals surface area contributed by atoms with Crippen molar-refractivity contribution in [3.8, 4) is 17.0 Å². The molecule has 0 bridgehead atoms. The van der Waals surface area contributed by atoms with Crippen LogP contribution in [0, 0.1) is 12.8 Å². The topological polar surface area (TPSA) is 66.1 Å². The molecule has 0 saturated carbocycles. The van der Waals surface area contributed by atoms with Crippen LogP contribution in [0.3, 0.4) is 0 Å². The van der Waals surface area contributed by atoms with E-state index >= 15 is 0 Å². The molecule has 6 heteroatoms. The fourth-order valence-electron chi connectivity index (χ4n) is 4.47. The molecule has 2 aromatic carbocycles. The lowest BCUT2D eigenvalue weighted by Gasteiger charge is -2.30. The number of methoxy groups -OCH3 is 1. The zero-order chi connectivity index (χ0) is 22.8. The highest BCUT2D eigenvalue weighted by Crippen LogP contribution is 2.34. The molecule has 0 spiro atoms. The summed E-state index contributed by atoms with van der Waals surface area (Å²) in [5, 5.41) is 4.22. The highest BCUT2D eigenvalue weighted by Gasteiger charge is 2.17. The number of aryl methyl sites for hydroxylation is 1. The summed E-state index contributed by atoms with van der Waals surface area (Å²) in [4.78, 5) is 15.2. The van der Waals surface area contributed by atoms with Crippen LogP contribution in [0.15, 0.2) is 54.7 Å². The highest BCUT2D eigenvalue weighted by atomic mass is 16.5. The number of hydrogen-bond acceptors (Lipinski definition) is 5. The van der Waals surface area contributed by atoms with E-state index in [0.29, 0.717) is 11.8 Å². The van der Waals surface area contributed by atoms with E-state index in [-0.39, 0.29) is 0 Å². The molecule has 0 atom stereocenters. The van der Waals surface area contributed by atoms with E-state index in [4.69, 9.17) is 9.72 Å². The van der Waals surface area contributed by atoms with Gasteiger partial charge in [-0.05, 0) is 62.0 Å². The van der Waals surface area contributed by atoms with Gasteiger partial charge in [-0.15, -0.1) is 0 Å². The number of hydrogen-bond donors (Lipinski definition) is 2. The molecule has 1 aliphatic rings. The zero-order valence-electron chi connectivity index (χ0n) is 19.6. The first-order valence-corrected chi connectivity index (χ1v) is 11.7. The first-order valence-electron chi connectivity index (χ1n) is 11.7. The van der Waals surface area contributed by atoms with E-state index in [1.807, 2.05) is 6.20 Å². The molecule has 1 aliphatic heterocycles. The van der Waals surface area contributed by atoms with Crippen LogP contribution in [-0.4, -0.2) is 40.1 Å². The van der Waals surface area contributed by atoms with Crippen molar-refractivity contribution in [3.05, 3.63) is 65.9 Å². The van der Waals surface area contributed by atoms with Gasteiger partial charge in [-0.3, -0.25) is 4.90 Å². The molecular formula is C27H31N5O. The number of fused-ring (bicyclic) bond motifs is 1. The first kappa shape index (κ1) is 21.5. The lowest BCUT2D eigenvalue weighted by Crippen LogP contribution is -2.32. The molecule has 0 unspecified atom stereocenters. The lowest BCUT2D eigenvalue weighted by atomic mass is 9.99. The maximum Gasteiger partial charge on any atom is 0.232 e. The zero-order valence-corrected chi connectivity index (χ0v) is 19.6. The molecule has 170 valence electrons. The third-order valence-corrected chi connectivity index (χ3v) is 6.55. The second kappa shape index (κ2) is 9.24. The predicted molar refractivity (Wildman–Crippen MR) is 134 cm³/mol. The Morgan fingerprint density at radius 3 is 2.45 bits per heavy atom. The minimum Gasteiger partial charge on any atom is -0.480 e. The quantitative estimate of drug-likeness (QED) is 0.389. The number of aromatic nitrogens is 3. The summed E-state index contributed by atoms with van der Waals surface area (Å²) >= 11 is 0. The summed E-state index contributed by atoms with van der Waals surface area (Å²) in [5.74, 6) is 1.92. The Hall–Kier alpha value is -3.38. The van der Waals surface area contributed by atoms with Gasteiger partial charge in [0.25, 0.3) is 0 Å². The Kier molecular flexibility index (Phi) is 6.01. The summed E-state index contributed by atoms with van der Waals surface area (Å²) in [6.45, 7) is 7.82. The van der Waals surface area contributed by atoms with Gasteiger partial charge in [0, 0.05) is 24.0 Å². The average molecular weight is 442 g/mol. The predicted octanol–water partition coefficient (Wildman–Crippen LogP) is 5.92. The molecule has 6 nitrogen and oxygen atoms in total. The molecule has 4 aromatic rings. The van der Waals surface area contributed by atoms with Gasteiger partial charge in [0.15, 0.2) is 0 Å². The number of anilines is 2. The monoisotopic (exact) mass is 441 g/mol. The van der Waals surface area contributed by atoms with Crippen molar-refractivity contribution in [2.45, 2.75) is 33.2 Å². The van der Waals surface area contributed by atoms with E-state index in [1.54, 1.807) is 7.11 Å². The molecule has 1 saturated heterocycles. The van der Waals surface area contributed by atoms with Gasteiger partial charge >= 0.3 is 0 Å². The summed E-state index contributed by atoms with van der Waals surface area (Å²) < 4.78 is 5.64. The van der Waals surface area contributed by atoms with E-state index in [9.17, 15) is 0 Å². The standard InChI is InChI=1S/C27H31N5O/c1-18-4-8-21(9-5-18)23-16-28-25-24(23)26(33-3)31-27(30-25)29-22-10-6-20(7-11-22)17-32-14-12-19(2)13-15-32/h4-11,16,19H,12-15,17H2,1-3H3,(H2,28,29,30,31). The molecule has 2 N–H and O–H groups in total. The minimum absolute atomic E-state index is 0.509. The van der Waals surface area contributed by atoms with Gasteiger partial charge in [0.1, 0.15) is 5.65 Å². The fourth-order valence-corrected chi connectivity index (χ4v) is 4.47. The second-order valence-electron chi connectivity index (χ2n) is 9.13. The molecular weight excluding hydrogens is 410 g/mol. The van der Waals surface area contributed by atoms with Crippen molar-refractivity contribution < 1.29 is 4.74 Å². The Morgan fingerprint density at radius 2 is 1.76 bits per heavy atom. The number of ether oxygens (including phenoxy) is 1. The number of nitrogens with one attached hydrogen (secondary N) is 2. The van der Waals surface area contributed by atoms with Gasteiger partial charge in [-0.25, -0.2) is 0 Å².